The molecule has 1 rings (SSSR count). The van der Waals surface area contributed by atoms with Crippen LogP contribution in [0.25, 0.3) is 0 Å². The van der Waals surface area contributed by atoms with Crippen LogP contribution in [0.4, 0.5) is 0 Å². The first-order valence-electron chi connectivity index (χ1n) is 5.38. The van der Waals surface area contributed by atoms with Gasteiger partial charge < -0.3 is 10.4 Å². The molecule has 1 aromatic carbocycles. The van der Waals surface area contributed by atoms with E-state index in [-0.39, 0.29) is 22.2 Å². The van der Waals surface area contributed by atoms with Gasteiger partial charge in [0.1, 0.15) is 0 Å². The number of amides is 1. The second-order valence-electron chi connectivity index (χ2n) is 3.88. The van der Waals surface area contributed by atoms with Crippen LogP contribution in [0.5, 0.6) is 0 Å². The number of aliphatic carboxylic acids is 1. The summed E-state index contributed by atoms with van der Waals surface area (Å²) in [5.74, 6) is -1.80. The molecule has 6 heteroatoms. The number of carbonyl (C=O) groups is 2. The molecule has 1 aromatic rings. The van der Waals surface area contributed by atoms with E-state index in [1.807, 2.05) is 0 Å². The Kier molecular flexibility index (Phi) is 5.44. The normalized spacial score (nSPS) is 11.9. The topological polar surface area (TPSA) is 66.4 Å². The number of hydrogen-bond donors (Lipinski definition) is 2. The lowest BCUT2D eigenvalue weighted by Crippen LogP contribution is -2.27. The summed E-state index contributed by atoms with van der Waals surface area (Å²) in [4.78, 5) is 22.4. The van der Waals surface area contributed by atoms with Gasteiger partial charge in [0.05, 0.1) is 21.5 Å². The number of carbonyl (C=O) groups excluding carboxylic acids is 1. The second kappa shape index (κ2) is 6.61. The van der Waals surface area contributed by atoms with E-state index in [4.69, 9.17) is 28.3 Å². The SMILES string of the molecule is CC(CCNC(=O)c1c(Cl)cccc1Cl)C(=O)O. The van der Waals surface area contributed by atoms with Crippen molar-refractivity contribution in [1.29, 1.82) is 0 Å². The van der Waals surface area contributed by atoms with Crippen LogP contribution in [0.1, 0.15) is 23.7 Å². The molecule has 0 aliphatic heterocycles. The van der Waals surface area contributed by atoms with Crippen LogP contribution in [-0.4, -0.2) is 23.5 Å². The Morgan fingerprint density at radius 1 is 1.33 bits per heavy atom. The summed E-state index contributed by atoms with van der Waals surface area (Å²) in [6, 6.07) is 4.79. The van der Waals surface area contributed by atoms with Gasteiger partial charge in [0, 0.05) is 6.54 Å². The Morgan fingerprint density at radius 2 is 1.89 bits per heavy atom. The molecular weight excluding hydrogens is 277 g/mol. The summed E-state index contributed by atoms with van der Waals surface area (Å²) in [6.45, 7) is 1.84. The maximum Gasteiger partial charge on any atom is 0.306 e. The Bertz CT molecular complexity index is 442. The maximum absolute atomic E-state index is 11.8. The van der Waals surface area contributed by atoms with Crippen LogP contribution < -0.4 is 5.32 Å². The molecule has 0 saturated heterocycles. The van der Waals surface area contributed by atoms with Gasteiger partial charge in [-0.15, -0.1) is 0 Å². The van der Waals surface area contributed by atoms with Gasteiger partial charge >= 0.3 is 5.97 Å². The summed E-state index contributed by atoms with van der Waals surface area (Å²) in [7, 11) is 0. The second-order valence-corrected chi connectivity index (χ2v) is 4.69. The standard InChI is InChI=1S/C12H13Cl2NO3/c1-7(12(17)18)5-6-15-11(16)10-8(13)3-2-4-9(10)14/h2-4,7H,5-6H2,1H3,(H,15,16)(H,17,18). The van der Waals surface area contributed by atoms with E-state index in [0.717, 1.165) is 0 Å². The van der Waals surface area contributed by atoms with E-state index in [1.165, 1.54) is 0 Å². The third-order valence-electron chi connectivity index (χ3n) is 2.47. The number of halogens is 2. The van der Waals surface area contributed by atoms with E-state index in [1.54, 1.807) is 25.1 Å². The Morgan fingerprint density at radius 3 is 2.39 bits per heavy atom. The average molecular weight is 290 g/mol. The molecule has 0 bridgehead atoms. The molecular formula is C12H13Cl2NO3. The molecule has 1 atom stereocenters. The minimum Gasteiger partial charge on any atom is -0.481 e. The quantitative estimate of drug-likeness (QED) is 0.876. The average Bonchev–Trinajstić information content (AvgIpc) is 2.28. The molecule has 98 valence electrons. The zero-order valence-corrected chi connectivity index (χ0v) is 11.3. The van der Waals surface area contributed by atoms with Crippen LogP contribution in [0, 0.1) is 5.92 Å². The third-order valence-corrected chi connectivity index (χ3v) is 3.10. The zero-order chi connectivity index (χ0) is 13.7. The fraction of sp³-hybridized carbons (Fsp3) is 0.333. The first-order chi connectivity index (χ1) is 8.43. The van der Waals surface area contributed by atoms with Crippen LogP contribution in [0.3, 0.4) is 0 Å². The van der Waals surface area contributed by atoms with Gasteiger partial charge in [0.15, 0.2) is 0 Å². The van der Waals surface area contributed by atoms with Gasteiger partial charge in [0.25, 0.3) is 5.91 Å². The summed E-state index contributed by atoms with van der Waals surface area (Å²) >= 11 is 11.8. The van der Waals surface area contributed by atoms with Crippen molar-refractivity contribution in [3.05, 3.63) is 33.8 Å². The molecule has 0 saturated carbocycles. The van der Waals surface area contributed by atoms with E-state index < -0.39 is 17.8 Å². The molecule has 4 nitrogen and oxygen atoms in total. The lowest BCUT2D eigenvalue weighted by atomic mass is 10.1. The third kappa shape index (κ3) is 3.89. The van der Waals surface area contributed by atoms with Gasteiger partial charge in [-0.3, -0.25) is 9.59 Å². The molecule has 0 spiro atoms. The van der Waals surface area contributed by atoms with Gasteiger partial charge in [-0.2, -0.15) is 0 Å². The van der Waals surface area contributed by atoms with Crippen LogP contribution in [0.2, 0.25) is 10.0 Å². The summed E-state index contributed by atoms with van der Waals surface area (Å²) in [6.07, 6.45) is 0.350. The number of carboxylic acids is 1. The molecule has 18 heavy (non-hydrogen) atoms. The minimum absolute atomic E-state index is 0.212. The van der Waals surface area contributed by atoms with Crippen molar-refractivity contribution < 1.29 is 14.7 Å². The van der Waals surface area contributed by atoms with Crippen molar-refractivity contribution in [1.82, 2.24) is 5.32 Å². The van der Waals surface area contributed by atoms with Crippen molar-refractivity contribution in [2.75, 3.05) is 6.54 Å². The first kappa shape index (κ1) is 14.8. The smallest absolute Gasteiger partial charge is 0.306 e. The van der Waals surface area contributed by atoms with Crippen molar-refractivity contribution in [3.63, 3.8) is 0 Å². The highest BCUT2D eigenvalue weighted by Crippen LogP contribution is 2.23. The molecule has 0 aliphatic rings. The molecule has 1 amide bonds. The lowest BCUT2D eigenvalue weighted by molar-refractivity contribution is -0.141. The Labute approximate surface area is 115 Å². The highest BCUT2D eigenvalue weighted by Gasteiger charge is 2.15. The monoisotopic (exact) mass is 289 g/mol. The molecule has 0 radical (unpaired) electrons. The Balaban J connectivity index is 2.59. The molecule has 1 unspecified atom stereocenters. The van der Waals surface area contributed by atoms with Gasteiger partial charge in [-0.05, 0) is 18.6 Å². The molecule has 0 aliphatic carbocycles. The highest BCUT2D eigenvalue weighted by molar-refractivity contribution is 6.39. The van der Waals surface area contributed by atoms with E-state index in [2.05, 4.69) is 5.32 Å². The number of hydrogen-bond acceptors (Lipinski definition) is 2. The fourth-order valence-corrected chi connectivity index (χ4v) is 1.90. The predicted octanol–water partition coefficient (Wildman–Crippen LogP) is 2.83. The van der Waals surface area contributed by atoms with Crippen LogP contribution in [0.15, 0.2) is 18.2 Å². The fourth-order valence-electron chi connectivity index (χ4n) is 1.33. The number of nitrogens with one attached hydrogen (secondary N) is 1. The first-order valence-corrected chi connectivity index (χ1v) is 6.14. The Hall–Kier alpha value is -1.26. The summed E-state index contributed by atoms with van der Waals surface area (Å²) < 4.78 is 0. The van der Waals surface area contributed by atoms with Crippen LogP contribution >= 0.6 is 23.2 Å². The molecule has 0 aromatic heterocycles. The van der Waals surface area contributed by atoms with E-state index >= 15 is 0 Å². The van der Waals surface area contributed by atoms with Crippen LogP contribution in [-0.2, 0) is 4.79 Å². The highest BCUT2D eigenvalue weighted by atomic mass is 35.5. The predicted molar refractivity (Wildman–Crippen MR) is 70.2 cm³/mol. The van der Waals surface area contributed by atoms with Crippen molar-refractivity contribution in [2.24, 2.45) is 5.92 Å². The van der Waals surface area contributed by atoms with E-state index in [0.29, 0.717) is 6.42 Å². The summed E-state index contributed by atoms with van der Waals surface area (Å²) in [5, 5.41) is 11.8. The largest absolute Gasteiger partial charge is 0.481 e. The summed E-state index contributed by atoms with van der Waals surface area (Å²) in [5.41, 5.74) is 0.212. The van der Waals surface area contributed by atoms with E-state index in [9.17, 15) is 9.59 Å². The number of carboxylic acid groups (broad SMARTS) is 1. The number of rotatable bonds is 5. The number of benzene rings is 1. The van der Waals surface area contributed by atoms with Crippen molar-refractivity contribution in [3.8, 4) is 0 Å². The van der Waals surface area contributed by atoms with Crippen molar-refractivity contribution in [2.45, 2.75) is 13.3 Å². The molecule has 0 fully saturated rings. The minimum atomic E-state index is -0.889. The zero-order valence-electron chi connectivity index (χ0n) is 9.74. The molecule has 0 heterocycles. The van der Waals surface area contributed by atoms with Gasteiger partial charge in [-0.25, -0.2) is 0 Å². The van der Waals surface area contributed by atoms with Gasteiger partial charge in [-0.1, -0.05) is 36.2 Å². The van der Waals surface area contributed by atoms with Gasteiger partial charge in [0.2, 0.25) is 0 Å². The lowest BCUT2D eigenvalue weighted by Gasteiger charge is -2.09. The van der Waals surface area contributed by atoms with Crippen molar-refractivity contribution >= 4 is 35.1 Å². The maximum atomic E-state index is 11.8. The molecule has 2 N–H and O–H groups in total.